The first-order valence-electron chi connectivity index (χ1n) is 8.55. The summed E-state index contributed by atoms with van der Waals surface area (Å²) in [5.74, 6) is 2.43. The van der Waals surface area contributed by atoms with Crippen LogP contribution in [0, 0.1) is 5.92 Å². The molecule has 0 aliphatic carbocycles. The number of para-hydroxylation sites is 2. The van der Waals surface area contributed by atoms with Crippen LogP contribution in [0.3, 0.4) is 0 Å². The monoisotopic (exact) mass is 354 g/mol. The number of nitrogens with one attached hydrogen (secondary N) is 1. The fourth-order valence-electron chi connectivity index (χ4n) is 3.25. The molecule has 1 aromatic rings. The highest BCUT2D eigenvalue weighted by molar-refractivity contribution is 5.85. The summed E-state index contributed by atoms with van der Waals surface area (Å²) < 4.78 is 11.6. The fourth-order valence-corrected chi connectivity index (χ4v) is 3.25. The minimum Gasteiger partial charge on any atom is -0.486 e. The van der Waals surface area contributed by atoms with Crippen LogP contribution in [0.5, 0.6) is 11.5 Å². The van der Waals surface area contributed by atoms with Gasteiger partial charge in [-0.3, -0.25) is 4.79 Å². The number of fused-ring (bicyclic) bond motifs is 1. The third-order valence-electron chi connectivity index (χ3n) is 4.70. The number of carbonyl (C=O) groups excluding carboxylic acids is 1. The van der Waals surface area contributed by atoms with Crippen LogP contribution in [0.2, 0.25) is 0 Å². The maximum Gasteiger partial charge on any atom is 0.222 e. The molecule has 0 spiro atoms. The quantitative estimate of drug-likeness (QED) is 0.882. The summed E-state index contributed by atoms with van der Waals surface area (Å²) >= 11 is 0. The summed E-state index contributed by atoms with van der Waals surface area (Å²) in [6.45, 7) is 3.23. The van der Waals surface area contributed by atoms with Crippen molar-refractivity contribution in [3.05, 3.63) is 24.3 Å². The lowest BCUT2D eigenvalue weighted by molar-refractivity contribution is -0.131. The Morgan fingerprint density at radius 2 is 1.96 bits per heavy atom. The molecule has 2 heterocycles. The molecule has 1 unspecified atom stereocenters. The number of likely N-dealkylation sites (N-methyl/N-ethyl adjacent to an activating group) is 1. The normalized spacial score (nSPS) is 20.1. The van der Waals surface area contributed by atoms with Gasteiger partial charge in [0.05, 0.1) is 6.54 Å². The van der Waals surface area contributed by atoms with Crippen molar-refractivity contribution < 1.29 is 14.3 Å². The molecule has 0 radical (unpaired) electrons. The summed E-state index contributed by atoms with van der Waals surface area (Å²) in [4.78, 5) is 14.1. The number of ether oxygens (including phenoxy) is 2. The van der Waals surface area contributed by atoms with Crippen molar-refractivity contribution in [2.75, 3.05) is 33.3 Å². The zero-order valence-corrected chi connectivity index (χ0v) is 15.0. The summed E-state index contributed by atoms with van der Waals surface area (Å²) in [5, 5.41) is 3.36. The Kier molecular flexibility index (Phi) is 7.18. The molecule has 24 heavy (non-hydrogen) atoms. The van der Waals surface area contributed by atoms with Crippen molar-refractivity contribution >= 4 is 18.3 Å². The number of hydrogen-bond acceptors (Lipinski definition) is 4. The van der Waals surface area contributed by atoms with E-state index in [4.69, 9.17) is 9.47 Å². The molecule has 0 aromatic heterocycles. The van der Waals surface area contributed by atoms with Gasteiger partial charge in [0.1, 0.15) is 6.61 Å². The molecule has 1 aromatic carbocycles. The predicted molar refractivity (Wildman–Crippen MR) is 96.1 cm³/mol. The van der Waals surface area contributed by atoms with Crippen molar-refractivity contribution in [1.82, 2.24) is 10.2 Å². The van der Waals surface area contributed by atoms with E-state index in [1.54, 1.807) is 4.90 Å². The van der Waals surface area contributed by atoms with E-state index in [9.17, 15) is 4.79 Å². The van der Waals surface area contributed by atoms with Gasteiger partial charge in [-0.1, -0.05) is 12.1 Å². The van der Waals surface area contributed by atoms with Crippen molar-refractivity contribution in [2.24, 2.45) is 5.92 Å². The Morgan fingerprint density at radius 1 is 1.25 bits per heavy atom. The first kappa shape index (κ1) is 18.9. The first-order valence-corrected chi connectivity index (χ1v) is 8.55. The van der Waals surface area contributed by atoms with E-state index >= 15 is 0 Å². The van der Waals surface area contributed by atoms with Gasteiger partial charge in [-0.15, -0.1) is 12.4 Å². The van der Waals surface area contributed by atoms with Crippen LogP contribution < -0.4 is 14.8 Å². The van der Waals surface area contributed by atoms with Crippen LogP contribution in [-0.2, 0) is 4.79 Å². The Morgan fingerprint density at radius 3 is 2.71 bits per heavy atom. The van der Waals surface area contributed by atoms with Crippen molar-refractivity contribution in [2.45, 2.75) is 31.8 Å². The molecule has 0 bridgehead atoms. The molecule has 0 saturated carbocycles. The zero-order chi connectivity index (χ0) is 16.1. The number of halogens is 1. The number of amides is 1. The minimum absolute atomic E-state index is 0. The fraction of sp³-hybridized carbons (Fsp3) is 0.611. The molecule has 2 aliphatic rings. The predicted octanol–water partition coefficient (Wildman–Crippen LogP) is 2.49. The lowest BCUT2D eigenvalue weighted by atomic mass is 9.93. The van der Waals surface area contributed by atoms with Gasteiger partial charge in [0, 0.05) is 13.5 Å². The van der Waals surface area contributed by atoms with Crippen LogP contribution in [0.15, 0.2) is 24.3 Å². The van der Waals surface area contributed by atoms with E-state index in [1.807, 2.05) is 31.3 Å². The molecule has 134 valence electrons. The minimum atomic E-state index is -0.0993. The molecular weight excluding hydrogens is 328 g/mol. The highest BCUT2D eigenvalue weighted by atomic mass is 35.5. The molecule has 5 nitrogen and oxygen atoms in total. The third-order valence-corrected chi connectivity index (χ3v) is 4.70. The molecule has 2 aliphatic heterocycles. The van der Waals surface area contributed by atoms with Crippen molar-refractivity contribution in [1.29, 1.82) is 0 Å². The average molecular weight is 355 g/mol. The van der Waals surface area contributed by atoms with Crippen LogP contribution in [0.1, 0.15) is 25.7 Å². The van der Waals surface area contributed by atoms with E-state index in [2.05, 4.69) is 5.32 Å². The van der Waals surface area contributed by atoms with E-state index < -0.39 is 0 Å². The van der Waals surface area contributed by atoms with Crippen LogP contribution in [0.4, 0.5) is 0 Å². The molecule has 1 amide bonds. The SMILES string of the molecule is CN(CC1COc2ccccc2O1)C(=O)CCC1CCNCC1.Cl. The molecule has 1 N–H and O–H groups in total. The largest absolute Gasteiger partial charge is 0.486 e. The molecule has 1 fully saturated rings. The lowest BCUT2D eigenvalue weighted by Crippen LogP contribution is -2.42. The molecular formula is C18H27ClN2O3. The first-order chi connectivity index (χ1) is 11.2. The van der Waals surface area contributed by atoms with E-state index in [0.717, 1.165) is 31.0 Å². The van der Waals surface area contributed by atoms with Gasteiger partial charge >= 0.3 is 0 Å². The zero-order valence-electron chi connectivity index (χ0n) is 14.2. The standard InChI is InChI=1S/C18H26N2O3.ClH/c1-20(18(21)7-6-14-8-10-19-11-9-14)12-15-13-22-16-4-2-3-5-17(16)23-15;/h2-5,14-15,19H,6-13H2,1H3;1H. The number of rotatable bonds is 5. The van der Waals surface area contributed by atoms with Gasteiger partial charge in [0.2, 0.25) is 5.91 Å². The van der Waals surface area contributed by atoms with E-state index in [-0.39, 0.29) is 24.4 Å². The van der Waals surface area contributed by atoms with Gasteiger partial charge < -0.3 is 19.7 Å². The third kappa shape index (κ3) is 5.02. The highest BCUT2D eigenvalue weighted by Crippen LogP contribution is 2.31. The Balaban J connectivity index is 0.00000208. The second-order valence-corrected chi connectivity index (χ2v) is 6.50. The van der Waals surface area contributed by atoms with Gasteiger partial charge in [-0.2, -0.15) is 0 Å². The number of hydrogen-bond donors (Lipinski definition) is 1. The summed E-state index contributed by atoms with van der Waals surface area (Å²) in [6, 6.07) is 7.66. The maximum absolute atomic E-state index is 12.3. The average Bonchev–Trinajstić information content (AvgIpc) is 2.60. The van der Waals surface area contributed by atoms with Crippen LogP contribution in [-0.4, -0.2) is 50.2 Å². The Labute approximate surface area is 150 Å². The summed E-state index contributed by atoms with van der Waals surface area (Å²) in [6.07, 6.45) is 3.90. The van der Waals surface area contributed by atoms with Gasteiger partial charge in [-0.05, 0) is 50.4 Å². The molecule has 3 rings (SSSR count). The smallest absolute Gasteiger partial charge is 0.222 e. The molecule has 1 saturated heterocycles. The Hall–Kier alpha value is -1.46. The molecule has 6 heteroatoms. The molecule has 1 atom stereocenters. The maximum atomic E-state index is 12.3. The number of carbonyl (C=O) groups is 1. The highest BCUT2D eigenvalue weighted by Gasteiger charge is 2.24. The lowest BCUT2D eigenvalue weighted by Gasteiger charge is -2.30. The second kappa shape index (κ2) is 9.14. The second-order valence-electron chi connectivity index (χ2n) is 6.50. The number of piperidine rings is 1. The van der Waals surface area contributed by atoms with Gasteiger partial charge in [-0.25, -0.2) is 0 Å². The van der Waals surface area contributed by atoms with Crippen molar-refractivity contribution in [3.8, 4) is 11.5 Å². The van der Waals surface area contributed by atoms with Crippen molar-refractivity contribution in [3.63, 3.8) is 0 Å². The topological polar surface area (TPSA) is 50.8 Å². The number of benzene rings is 1. The van der Waals surface area contributed by atoms with E-state index in [0.29, 0.717) is 25.5 Å². The van der Waals surface area contributed by atoms with Gasteiger partial charge in [0.25, 0.3) is 0 Å². The van der Waals surface area contributed by atoms with Gasteiger partial charge in [0.15, 0.2) is 17.6 Å². The van der Waals surface area contributed by atoms with E-state index in [1.165, 1.54) is 12.8 Å². The Bertz CT molecular complexity index is 535. The summed E-state index contributed by atoms with van der Waals surface area (Å²) in [5.41, 5.74) is 0. The summed E-state index contributed by atoms with van der Waals surface area (Å²) in [7, 11) is 1.86. The van der Waals surface area contributed by atoms with Crippen LogP contribution >= 0.6 is 12.4 Å². The van der Waals surface area contributed by atoms with Crippen LogP contribution in [0.25, 0.3) is 0 Å². The number of nitrogens with zero attached hydrogens (tertiary/aromatic N) is 1.